The lowest BCUT2D eigenvalue weighted by Crippen LogP contribution is -2.20. The van der Waals surface area contributed by atoms with E-state index in [9.17, 15) is 9.59 Å². The Hall–Kier alpha value is -2.89. The first-order chi connectivity index (χ1) is 11.4. The number of anilines is 1. The second-order valence-electron chi connectivity index (χ2n) is 5.59. The van der Waals surface area contributed by atoms with Gasteiger partial charge in [0.25, 0.3) is 0 Å². The predicted molar refractivity (Wildman–Crippen MR) is 93.0 cm³/mol. The second-order valence-corrected chi connectivity index (χ2v) is 5.59. The standard InChI is InChI=1S/C18H21N3O3/c1-12-4-6-15(10-13(12)2)20-17(22)8-9-18(23)21-19-11-16-7-5-14(3)24-16/h4-7,10-11H,8-9H2,1-3H3,(H,20,22)(H,21,23)/b19-11+. The predicted octanol–water partition coefficient (Wildman–Crippen LogP) is 3.07. The Balaban J connectivity index is 1.73. The molecule has 6 nitrogen and oxygen atoms in total. The molecule has 2 aromatic rings. The molecule has 24 heavy (non-hydrogen) atoms. The Morgan fingerprint density at radius 2 is 1.79 bits per heavy atom. The van der Waals surface area contributed by atoms with Crippen LogP contribution in [0.3, 0.4) is 0 Å². The number of rotatable bonds is 6. The molecule has 6 heteroatoms. The van der Waals surface area contributed by atoms with Crippen molar-refractivity contribution in [2.45, 2.75) is 33.6 Å². The molecule has 2 rings (SSSR count). The van der Waals surface area contributed by atoms with Crippen LogP contribution in [0.25, 0.3) is 0 Å². The first kappa shape index (κ1) is 17.5. The van der Waals surface area contributed by atoms with Crippen LogP contribution in [0.15, 0.2) is 39.9 Å². The third-order valence-electron chi connectivity index (χ3n) is 3.51. The second kappa shape index (κ2) is 8.10. The maximum absolute atomic E-state index is 11.9. The van der Waals surface area contributed by atoms with Gasteiger partial charge in [0, 0.05) is 18.5 Å². The van der Waals surface area contributed by atoms with E-state index in [1.165, 1.54) is 6.21 Å². The summed E-state index contributed by atoms with van der Waals surface area (Å²) in [7, 11) is 0. The Morgan fingerprint density at radius 1 is 1.04 bits per heavy atom. The third-order valence-corrected chi connectivity index (χ3v) is 3.51. The normalized spacial score (nSPS) is 10.8. The van der Waals surface area contributed by atoms with Crippen molar-refractivity contribution in [2.24, 2.45) is 5.10 Å². The van der Waals surface area contributed by atoms with Gasteiger partial charge in [0.15, 0.2) is 0 Å². The highest BCUT2D eigenvalue weighted by molar-refractivity contribution is 5.93. The lowest BCUT2D eigenvalue weighted by atomic mass is 10.1. The van der Waals surface area contributed by atoms with E-state index in [1.54, 1.807) is 12.1 Å². The molecule has 0 radical (unpaired) electrons. The summed E-state index contributed by atoms with van der Waals surface area (Å²) < 4.78 is 5.28. The van der Waals surface area contributed by atoms with Crippen molar-refractivity contribution in [2.75, 3.05) is 5.32 Å². The van der Waals surface area contributed by atoms with Crippen LogP contribution < -0.4 is 10.7 Å². The van der Waals surface area contributed by atoms with Crippen LogP contribution in [0.5, 0.6) is 0 Å². The van der Waals surface area contributed by atoms with E-state index in [0.717, 1.165) is 22.6 Å². The zero-order valence-electron chi connectivity index (χ0n) is 14.1. The topological polar surface area (TPSA) is 83.7 Å². The van der Waals surface area contributed by atoms with Gasteiger partial charge < -0.3 is 9.73 Å². The number of amides is 2. The maximum atomic E-state index is 11.9. The summed E-state index contributed by atoms with van der Waals surface area (Å²) in [6.07, 6.45) is 1.57. The number of carbonyl (C=O) groups is 2. The highest BCUT2D eigenvalue weighted by Gasteiger charge is 2.07. The van der Waals surface area contributed by atoms with Crippen LogP contribution in [-0.4, -0.2) is 18.0 Å². The van der Waals surface area contributed by atoms with Crippen molar-refractivity contribution < 1.29 is 14.0 Å². The van der Waals surface area contributed by atoms with Crippen molar-refractivity contribution in [3.8, 4) is 0 Å². The van der Waals surface area contributed by atoms with Gasteiger partial charge in [-0.2, -0.15) is 5.10 Å². The molecule has 1 aromatic heterocycles. The molecule has 2 amide bonds. The minimum atomic E-state index is -0.329. The number of carbonyl (C=O) groups excluding carboxylic acids is 2. The molecule has 0 saturated carbocycles. The van der Waals surface area contributed by atoms with Gasteiger partial charge in [0.2, 0.25) is 11.8 Å². The lowest BCUT2D eigenvalue weighted by molar-refractivity contribution is -0.124. The number of hydrogen-bond donors (Lipinski definition) is 2. The first-order valence-electron chi connectivity index (χ1n) is 7.69. The number of hydrogen-bond acceptors (Lipinski definition) is 4. The summed E-state index contributed by atoms with van der Waals surface area (Å²) in [4.78, 5) is 23.5. The fourth-order valence-electron chi connectivity index (χ4n) is 2.02. The molecule has 0 aliphatic rings. The van der Waals surface area contributed by atoms with Crippen molar-refractivity contribution in [1.29, 1.82) is 0 Å². The Morgan fingerprint density at radius 3 is 2.46 bits per heavy atom. The molecule has 0 aliphatic carbocycles. The van der Waals surface area contributed by atoms with E-state index >= 15 is 0 Å². The lowest BCUT2D eigenvalue weighted by Gasteiger charge is -2.07. The highest BCUT2D eigenvalue weighted by atomic mass is 16.3. The quantitative estimate of drug-likeness (QED) is 0.632. The summed E-state index contributed by atoms with van der Waals surface area (Å²) >= 11 is 0. The number of furan rings is 1. The molecule has 0 spiro atoms. The highest BCUT2D eigenvalue weighted by Crippen LogP contribution is 2.14. The Kier molecular flexibility index (Phi) is 5.89. The third kappa shape index (κ3) is 5.39. The van der Waals surface area contributed by atoms with Crippen molar-refractivity contribution in [1.82, 2.24) is 5.43 Å². The van der Waals surface area contributed by atoms with Gasteiger partial charge in [0.1, 0.15) is 11.5 Å². The van der Waals surface area contributed by atoms with Crippen LogP contribution in [-0.2, 0) is 9.59 Å². The maximum Gasteiger partial charge on any atom is 0.240 e. The fourth-order valence-corrected chi connectivity index (χ4v) is 2.02. The van der Waals surface area contributed by atoms with Gasteiger partial charge in [-0.15, -0.1) is 0 Å². The molecular weight excluding hydrogens is 306 g/mol. The first-order valence-corrected chi connectivity index (χ1v) is 7.69. The van der Waals surface area contributed by atoms with Gasteiger partial charge in [-0.3, -0.25) is 9.59 Å². The van der Waals surface area contributed by atoms with E-state index in [-0.39, 0.29) is 24.7 Å². The average Bonchev–Trinajstić information content (AvgIpc) is 2.94. The Labute approximate surface area is 140 Å². The molecule has 1 heterocycles. The van der Waals surface area contributed by atoms with Crippen LogP contribution in [0, 0.1) is 20.8 Å². The van der Waals surface area contributed by atoms with Crippen molar-refractivity contribution in [3.05, 3.63) is 53.0 Å². The summed E-state index contributed by atoms with van der Waals surface area (Å²) in [5, 5.41) is 6.57. The van der Waals surface area contributed by atoms with E-state index in [0.29, 0.717) is 5.76 Å². The number of aryl methyl sites for hydroxylation is 3. The van der Waals surface area contributed by atoms with Gasteiger partial charge in [-0.1, -0.05) is 6.07 Å². The van der Waals surface area contributed by atoms with Gasteiger partial charge in [0.05, 0.1) is 6.21 Å². The summed E-state index contributed by atoms with van der Waals surface area (Å²) in [5.41, 5.74) is 5.37. The zero-order valence-corrected chi connectivity index (χ0v) is 14.1. The fraction of sp³-hybridized carbons (Fsp3) is 0.278. The molecule has 0 unspecified atom stereocenters. The van der Waals surface area contributed by atoms with Crippen molar-refractivity contribution in [3.63, 3.8) is 0 Å². The summed E-state index contributed by atoms with van der Waals surface area (Å²) in [6.45, 7) is 5.82. The minimum absolute atomic E-state index is 0.0607. The van der Waals surface area contributed by atoms with Crippen LogP contribution in [0.4, 0.5) is 5.69 Å². The SMILES string of the molecule is Cc1ccc(/C=N/NC(=O)CCC(=O)Nc2ccc(C)c(C)c2)o1. The zero-order chi connectivity index (χ0) is 17.5. The number of benzene rings is 1. The Bertz CT molecular complexity index is 763. The van der Waals surface area contributed by atoms with Crippen LogP contribution in [0.2, 0.25) is 0 Å². The smallest absolute Gasteiger partial charge is 0.240 e. The molecular formula is C18H21N3O3. The van der Waals surface area contributed by atoms with Gasteiger partial charge >= 0.3 is 0 Å². The van der Waals surface area contributed by atoms with Crippen LogP contribution in [0.1, 0.15) is 35.5 Å². The number of nitrogens with zero attached hydrogens (tertiary/aromatic N) is 1. The molecule has 0 bridgehead atoms. The largest absolute Gasteiger partial charge is 0.460 e. The molecule has 0 atom stereocenters. The molecule has 1 aromatic carbocycles. The summed E-state index contributed by atoms with van der Waals surface area (Å²) in [5.74, 6) is 0.787. The van der Waals surface area contributed by atoms with E-state index in [1.807, 2.05) is 39.0 Å². The molecule has 126 valence electrons. The molecule has 0 aliphatic heterocycles. The van der Waals surface area contributed by atoms with E-state index in [4.69, 9.17) is 4.42 Å². The van der Waals surface area contributed by atoms with E-state index in [2.05, 4.69) is 15.8 Å². The van der Waals surface area contributed by atoms with Gasteiger partial charge in [-0.05, 0) is 56.2 Å². The molecule has 0 saturated heterocycles. The summed E-state index contributed by atoms with van der Waals surface area (Å²) in [6, 6.07) is 9.25. The van der Waals surface area contributed by atoms with Gasteiger partial charge in [-0.25, -0.2) is 5.43 Å². The average molecular weight is 327 g/mol. The number of hydrazone groups is 1. The molecule has 0 fully saturated rings. The van der Waals surface area contributed by atoms with Crippen molar-refractivity contribution >= 4 is 23.7 Å². The molecule has 2 N–H and O–H groups in total. The number of nitrogens with one attached hydrogen (secondary N) is 2. The monoisotopic (exact) mass is 327 g/mol. The minimum Gasteiger partial charge on any atom is -0.460 e. The van der Waals surface area contributed by atoms with Crippen LogP contribution >= 0.6 is 0 Å². The van der Waals surface area contributed by atoms with E-state index < -0.39 is 0 Å².